The summed E-state index contributed by atoms with van der Waals surface area (Å²) in [6.45, 7) is 5.16. The molecule has 116 valence electrons. The van der Waals surface area contributed by atoms with Crippen molar-refractivity contribution in [3.8, 4) is 0 Å². The predicted octanol–water partition coefficient (Wildman–Crippen LogP) is 3.88. The molecule has 0 aliphatic heterocycles. The number of benzene rings is 1. The largest absolute Gasteiger partial charge is 0.373 e. The van der Waals surface area contributed by atoms with Crippen LogP contribution in [0.1, 0.15) is 35.8 Å². The van der Waals surface area contributed by atoms with Crippen molar-refractivity contribution in [1.82, 2.24) is 4.98 Å². The van der Waals surface area contributed by atoms with Gasteiger partial charge < -0.3 is 10.2 Å². The molecule has 1 heterocycles. The molecule has 0 saturated heterocycles. The standard InChI is InChI=1S/C18H23N3O/c1-4-5-11-21(3)16-9-10-17(19-13-16)18(22)20-15-8-6-7-14(2)12-15/h6-10,12-13H,4-5,11H2,1-3H3,(H,20,22). The quantitative estimate of drug-likeness (QED) is 0.880. The lowest BCUT2D eigenvalue weighted by Gasteiger charge is -2.18. The highest BCUT2D eigenvalue weighted by Crippen LogP contribution is 2.14. The lowest BCUT2D eigenvalue weighted by Crippen LogP contribution is -2.19. The molecule has 0 bridgehead atoms. The Bertz CT molecular complexity index is 622. The smallest absolute Gasteiger partial charge is 0.274 e. The second-order valence-corrected chi connectivity index (χ2v) is 5.50. The Hall–Kier alpha value is -2.36. The molecule has 1 aromatic heterocycles. The van der Waals surface area contributed by atoms with E-state index in [0.717, 1.165) is 36.3 Å². The van der Waals surface area contributed by atoms with E-state index in [0.29, 0.717) is 5.69 Å². The molecule has 0 fully saturated rings. The van der Waals surface area contributed by atoms with Gasteiger partial charge in [-0.05, 0) is 43.2 Å². The van der Waals surface area contributed by atoms with Crippen molar-refractivity contribution < 1.29 is 4.79 Å². The van der Waals surface area contributed by atoms with E-state index < -0.39 is 0 Å². The number of carbonyl (C=O) groups excluding carboxylic acids is 1. The molecule has 1 amide bonds. The summed E-state index contributed by atoms with van der Waals surface area (Å²) in [5.41, 5.74) is 3.35. The third kappa shape index (κ3) is 4.32. The van der Waals surface area contributed by atoms with Crippen LogP contribution in [0.2, 0.25) is 0 Å². The highest BCUT2D eigenvalue weighted by Gasteiger charge is 2.09. The van der Waals surface area contributed by atoms with E-state index in [4.69, 9.17) is 0 Å². The van der Waals surface area contributed by atoms with Crippen LogP contribution in [-0.2, 0) is 0 Å². The van der Waals surface area contributed by atoms with Gasteiger partial charge in [0.25, 0.3) is 5.91 Å². The van der Waals surface area contributed by atoms with Crippen LogP contribution in [0.5, 0.6) is 0 Å². The Kier molecular flexibility index (Phi) is 5.53. The van der Waals surface area contributed by atoms with Gasteiger partial charge in [0.15, 0.2) is 0 Å². The summed E-state index contributed by atoms with van der Waals surface area (Å²) >= 11 is 0. The zero-order valence-electron chi connectivity index (χ0n) is 13.5. The van der Waals surface area contributed by atoms with E-state index >= 15 is 0 Å². The van der Waals surface area contributed by atoms with Gasteiger partial charge in [-0.15, -0.1) is 0 Å². The van der Waals surface area contributed by atoms with E-state index in [9.17, 15) is 4.79 Å². The highest BCUT2D eigenvalue weighted by molar-refractivity contribution is 6.02. The molecule has 0 spiro atoms. The minimum absolute atomic E-state index is 0.187. The molecule has 2 aromatic rings. The molecule has 0 saturated carbocycles. The number of nitrogens with zero attached hydrogens (tertiary/aromatic N) is 2. The Morgan fingerprint density at radius 1 is 1.27 bits per heavy atom. The third-order valence-corrected chi connectivity index (χ3v) is 3.54. The first-order chi connectivity index (χ1) is 10.6. The van der Waals surface area contributed by atoms with Gasteiger partial charge >= 0.3 is 0 Å². The highest BCUT2D eigenvalue weighted by atomic mass is 16.1. The van der Waals surface area contributed by atoms with Crippen molar-refractivity contribution in [3.63, 3.8) is 0 Å². The number of hydrogen-bond acceptors (Lipinski definition) is 3. The Morgan fingerprint density at radius 2 is 2.09 bits per heavy atom. The van der Waals surface area contributed by atoms with Crippen LogP contribution in [0.25, 0.3) is 0 Å². The Labute approximate surface area is 132 Å². The lowest BCUT2D eigenvalue weighted by molar-refractivity contribution is 0.102. The van der Waals surface area contributed by atoms with Crippen molar-refractivity contribution >= 4 is 17.3 Å². The first-order valence-corrected chi connectivity index (χ1v) is 7.65. The maximum atomic E-state index is 12.2. The molecule has 0 atom stereocenters. The van der Waals surface area contributed by atoms with Crippen LogP contribution in [0.4, 0.5) is 11.4 Å². The zero-order chi connectivity index (χ0) is 15.9. The first kappa shape index (κ1) is 16.0. The number of aromatic nitrogens is 1. The van der Waals surface area contributed by atoms with Crippen molar-refractivity contribution in [1.29, 1.82) is 0 Å². The number of anilines is 2. The fourth-order valence-corrected chi connectivity index (χ4v) is 2.19. The summed E-state index contributed by atoms with van der Waals surface area (Å²) in [4.78, 5) is 18.6. The number of unbranched alkanes of at least 4 members (excludes halogenated alkanes) is 1. The van der Waals surface area contributed by atoms with Crippen LogP contribution >= 0.6 is 0 Å². The van der Waals surface area contributed by atoms with Crippen molar-refractivity contribution in [2.45, 2.75) is 26.7 Å². The molecule has 0 aliphatic carbocycles. The van der Waals surface area contributed by atoms with Gasteiger partial charge in [0.05, 0.1) is 11.9 Å². The van der Waals surface area contributed by atoms with Gasteiger partial charge in [-0.25, -0.2) is 4.98 Å². The number of aryl methyl sites for hydroxylation is 1. The maximum Gasteiger partial charge on any atom is 0.274 e. The number of amides is 1. The van der Waals surface area contributed by atoms with Crippen LogP contribution in [-0.4, -0.2) is 24.5 Å². The molecule has 0 unspecified atom stereocenters. The van der Waals surface area contributed by atoms with E-state index in [1.54, 1.807) is 12.3 Å². The number of rotatable bonds is 6. The summed E-state index contributed by atoms with van der Waals surface area (Å²) < 4.78 is 0. The van der Waals surface area contributed by atoms with Crippen molar-refractivity contribution in [2.75, 3.05) is 23.8 Å². The zero-order valence-corrected chi connectivity index (χ0v) is 13.5. The van der Waals surface area contributed by atoms with E-state index in [1.807, 2.05) is 44.3 Å². The molecule has 0 aliphatic rings. The van der Waals surface area contributed by atoms with Crippen LogP contribution in [0, 0.1) is 6.92 Å². The molecular weight excluding hydrogens is 274 g/mol. The molecule has 1 N–H and O–H groups in total. The SMILES string of the molecule is CCCCN(C)c1ccc(C(=O)Nc2cccc(C)c2)nc1. The normalized spacial score (nSPS) is 10.3. The lowest BCUT2D eigenvalue weighted by atomic mass is 10.2. The van der Waals surface area contributed by atoms with Crippen molar-refractivity contribution in [3.05, 3.63) is 53.9 Å². The Morgan fingerprint density at radius 3 is 2.73 bits per heavy atom. The molecule has 4 nitrogen and oxygen atoms in total. The summed E-state index contributed by atoms with van der Waals surface area (Å²) in [6, 6.07) is 11.4. The molecule has 4 heteroatoms. The monoisotopic (exact) mass is 297 g/mol. The molecule has 1 aromatic carbocycles. The van der Waals surface area contributed by atoms with Gasteiger partial charge in [-0.1, -0.05) is 25.5 Å². The van der Waals surface area contributed by atoms with E-state index in [1.165, 1.54) is 0 Å². The topological polar surface area (TPSA) is 45.2 Å². The summed E-state index contributed by atoms with van der Waals surface area (Å²) in [7, 11) is 2.04. The third-order valence-electron chi connectivity index (χ3n) is 3.54. The van der Waals surface area contributed by atoms with Crippen LogP contribution in [0.15, 0.2) is 42.6 Å². The van der Waals surface area contributed by atoms with Gasteiger partial charge in [0.1, 0.15) is 5.69 Å². The fourth-order valence-electron chi connectivity index (χ4n) is 2.19. The van der Waals surface area contributed by atoms with E-state index in [2.05, 4.69) is 22.1 Å². The molecule has 22 heavy (non-hydrogen) atoms. The molecular formula is C18H23N3O. The minimum Gasteiger partial charge on any atom is -0.373 e. The second kappa shape index (κ2) is 7.59. The second-order valence-electron chi connectivity index (χ2n) is 5.50. The van der Waals surface area contributed by atoms with Gasteiger partial charge in [0.2, 0.25) is 0 Å². The molecule has 2 rings (SSSR count). The van der Waals surface area contributed by atoms with Gasteiger partial charge in [0, 0.05) is 19.3 Å². The van der Waals surface area contributed by atoms with Crippen LogP contribution in [0.3, 0.4) is 0 Å². The number of pyridine rings is 1. The summed E-state index contributed by atoms with van der Waals surface area (Å²) in [6.07, 6.45) is 4.06. The minimum atomic E-state index is -0.187. The van der Waals surface area contributed by atoms with Gasteiger partial charge in [-0.3, -0.25) is 4.79 Å². The average Bonchev–Trinajstić information content (AvgIpc) is 2.52. The van der Waals surface area contributed by atoms with Crippen LogP contribution < -0.4 is 10.2 Å². The maximum absolute atomic E-state index is 12.2. The number of carbonyl (C=O) groups is 1. The van der Waals surface area contributed by atoms with E-state index in [-0.39, 0.29) is 5.91 Å². The van der Waals surface area contributed by atoms with Gasteiger partial charge in [-0.2, -0.15) is 0 Å². The average molecular weight is 297 g/mol. The first-order valence-electron chi connectivity index (χ1n) is 7.65. The summed E-state index contributed by atoms with van der Waals surface area (Å²) in [5, 5.41) is 2.87. The molecule has 0 radical (unpaired) electrons. The Balaban J connectivity index is 2.02. The fraction of sp³-hybridized carbons (Fsp3) is 0.333. The predicted molar refractivity (Wildman–Crippen MR) is 91.5 cm³/mol. The number of hydrogen-bond donors (Lipinski definition) is 1. The summed E-state index contributed by atoms with van der Waals surface area (Å²) in [5.74, 6) is -0.187. The number of nitrogens with one attached hydrogen (secondary N) is 1. The van der Waals surface area contributed by atoms with Crippen molar-refractivity contribution in [2.24, 2.45) is 0 Å².